The van der Waals surface area contributed by atoms with Crippen LogP contribution in [0.5, 0.6) is 0 Å². The lowest BCUT2D eigenvalue weighted by atomic mass is 9.96. The van der Waals surface area contributed by atoms with E-state index >= 15 is 0 Å². The molecule has 1 aromatic carbocycles. The molecule has 0 amide bonds. The van der Waals surface area contributed by atoms with Crippen molar-refractivity contribution < 1.29 is 0 Å². The lowest BCUT2D eigenvalue weighted by molar-refractivity contribution is 0.389. The Morgan fingerprint density at radius 2 is 1.78 bits per heavy atom. The molecule has 1 aliphatic rings. The van der Waals surface area contributed by atoms with Gasteiger partial charge in [-0.1, -0.05) is 65.7 Å². The molecule has 0 unspecified atom stereocenters. The van der Waals surface area contributed by atoms with Gasteiger partial charge < -0.3 is 5.32 Å². The highest BCUT2D eigenvalue weighted by molar-refractivity contribution is 9.10. The molecule has 1 N–H and O–H groups in total. The van der Waals surface area contributed by atoms with Crippen molar-refractivity contribution in [1.82, 2.24) is 5.32 Å². The van der Waals surface area contributed by atoms with Gasteiger partial charge in [0.25, 0.3) is 0 Å². The van der Waals surface area contributed by atoms with Crippen molar-refractivity contribution in [1.29, 1.82) is 0 Å². The van der Waals surface area contributed by atoms with Crippen LogP contribution in [0.15, 0.2) is 22.7 Å². The van der Waals surface area contributed by atoms with E-state index in [-0.39, 0.29) is 0 Å². The smallest absolute Gasteiger partial charge is 0.0417 e. The Kier molecular flexibility index (Phi) is 6.00. The van der Waals surface area contributed by atoms with Crippen molar-refractivity contribution in [3.8, 4) is 0 Å². The molecule has 18 heavy (non-hydrogen) atoms. The molecule has 0 saturated heterocycles. The highest BCUT2D eigenvalue weighted by Crippen LogP contribution is 2.22. The molecule has 0 atom stereocenters. The second-order valence-electron chi connectivity index (χ2n) is 5.16. The number of hydrogen-bond donors (Lipinski definition) is 1. The van der Waals surface area contributed by atoms with E-state index in [2.05, 4.69) is 27.3 Å². The predicted octanol–water partition coefficient (Wildman–Crippen LogP) is 5.31. The van der Waals surface area contributed by atoms with Crippen LogP contribution >= 0.6 is 27.5 Å². The fraction of sp³-hybridized carbons (Fsp3) is 0.600. The first-order valence-corrected chi connectivity index (χ1v) is 8.10. The summed E-state index contributed by atoms with van der Waals surface area (Å²) in [6, 6.07) is 6.72. The van der Waals surface area contributed by atoms with Crippen molar-refractivity contribution in [2.24, 2.45) is 0 Å². The molecule has 2 rings (SSSR count). The molecule has 100 valence electrons. The van der Waals surface area contributed by atoms with Crippen LogP contribution in [0.1, 0.15) is 50.5 Å². The number of benzene rings is 1. The number of halogens is 2. The van der Waals surface area contributed by atoms with Crippen LogP contribution in [-0.2, 0) is 6.54 Å². The van der Waals surface area contributed by atoms with Crippen LogP contribution in [-0.4, -0.2) is 6.04 Å². The second-order valence-corrected chi connectivity index (χ2v) is 6.45. The zero-order valence-corrected chi connectivity index (χ0v) is 13.1. The van der Waals surface area contributed by atoms with Crippen LogP contribution in [0.3, 0.4) is 0 Å². The van der Waals surface area contributed by atoms with Crippen molar-refractivity contribution >= 4 is 27.5 Å². The Balaban J connectivity index is 1.85. The second kappa shape index (κ2) is 7.52. The quantitative estimate of drug-likeness (QED) is 0.792. The van der Waals surface area contributed by atoms with E-state index in [9.17, 15) is 0 Å². The summed E-state index contributed by atoms with van der Waals surface area (Å²) in [5, 5.41) is 4.48. The number of nitrogens with one attached hydrogen (secondary N) is 1. The van der Waals surface area contributed by atoms with Gasteiger partial charge in [0.1, 0.15) is 0 Å². The molecule has 3 heteroatoms. The van der Waals surface area contributed by atoms with E-state index in [0.717, 1.165) is 16.0 Å². The molecule has 0 spiro atoms. The van der Waals surface area contributed by atoms with Crippen molar-refractivity contribution in [2.45, 2.75) is 57.5 Å². The van der Waals surface area contributed by atoms with Crippen LogP contribution in [0.25, 0.3) is 0 Å². The minimum Gasteiger partial charge on any atom is -0.310 e. The molecule has 1 nitrogen and oxygen atoms in total. The summed E-state index contributed by atoms with van der Waals surface area (Å²) in [6.07, 6.45) is 9.64. The predicted molar refractivity (Wildman–Crippen MR) is 82.1 cm³/mol. The van der Waals surface area contributed by atoms with Gasteiger partial charge in [0.2, 0.25) is 0 Å². The summed E-state index contributed by atoms with van der Waals surface area (Å²) >= 11 is 9.53. The maximum Gasteiger partial charge on any atom is 0.0417 e. The molecular formula is C15H21BrClN. The van der Waals surface area contributed by atoms with Crippen LogP contribution in [0.4, 0.5) is 0 Å². The third-order valence-corrected chi connectivity index (χ3v) is 4.67. The van der Waals surface area contributed by atoms with Gasteiger partial charge in [-0.2, -0.15) is 0 Å². The maximum absolute atomic E-state index is 5.96. The summed E-state index contributed by atoms with van der Waals surface area (Å²) in [6.45, 7) is 0.933. The third-order valence-electron chi connectivity index (χ3n) is 3.70. The molecule has 1 saturated carbocycles. The standard InChI is InChI=1S/C15H21BrClN/c16-15-10-13(17)9-8-12(15)11-18-14-6-4-2-1-3-5-7-14/h8-10,14,18H,1-7,11H2. The summed E-state index contributed by atoms with van der Waals surface area (Å²) in [5.41, 5.74) is 1.29. The van der Waals surface area contributed by atoms with Gasteiger partial charge in [-0.3, -0.25) is 0 Å². The van der Waals surface area contributed by atoms with E-state index in [1.54, 1.807) is 0 Å². The Morgan fingerprint density at radius 1 is 1.11 bits per heavy atom. The zero-order chi connectivity index (χ0) is 12.8. The molecular weight excluding hydrogens is 310 g/mol. The lowest BCUT2D eigenvalue weighted by Crippen LogP contribution is -2.29. The van der Waals surface area contributed by atoms with Gasteiger partial charge in [-0.05, 0) is 30.5 Å². The molecule has 0 bridgehead atoms. The fourth-order valence-electron chi connectivity index (χ4n) is 2.58. The van der Waals surface area contributed by atoms with Gasteiger partial charge in [0.15, 0.2) is 0 Å². The van der Waals surface area contributed by atoms with E-state index < -0.39 is 0 Å². The Hall–Kier alpha value is -0.0500. The van der Waals surface area contributed by atoms with Crippen molar-refractivity contribution in [3.05, 3.63) is 33.3 Å². The molecule has 1 fully saturated rings. The molecule has 1 aliphatic carbocycles. The molecule has 0 aliphatic heterocycles. The van der Waals surface area contributed by atoms with Crippen molar-refractivity contribution in [3.63, 3.8) is 0 Å². The average molecular weight is 331 g/mol. The number of hydrogen-bond acceptors (Lipinski definition) is 1. The Morgan fingerprint density at radius 3 is 2.44 bits per heavy atom. The van der Waals surface area contributed by atoms with Gasteiger partial charge in [0.05, 0.1) is 0 Å². The first-order valence-electron chi connectivity index (χ1n) is 6.93. The minimum absolute atomic E-state index is 0.688. The van der Waals surface area contributed by atoms with E-state index in [1.807, 2.05) is 12.1 Å². The number of rotatable bonds is 3. The first kappa shape index (κ1) is 14.4. The third kappa shape index (κ3) is 4.56. The van der Waals surface area contributed by atoms with Gasteiger partial charge in [-0.15, -0.1) is 0 Å². The average Bonchev–Trinajstić information content (AvgIpc) is 2.29. The Labute approximate surface area is 123 Å². The van der Waals surface area contributed by atoms with E-state index in [0.29, 0.717) is 6.04 Å². The SMILES string of the molecule is Clc1ccc(CNC2CCCCCCC2)c(Br)c1. The fourth-order valence-corrected chi connectivity index (χ4v) is 3.40. The van der Waals surface area contributed by atoms with Gasteiger partial charge in [0, 0.05) is 22.1 Å². The lowest BCUT2D eigenvalue weighted by Gasteiger charge is -2.21. The Bertz CT molecular complexity index is 373. The first-order chi connectivity index (χ1) is 8.75. The topological polar surface area (TPSA) is 12.0 Å². The van der Waals surface area contributed by atoms with E-state index in [1.165, 1.54) is 50.5 Å². The van der Waals surface area contributed by atoms with Gasteiger partial charge in [-0.25, -0.2) is 0 Å². The monoisotopic (exact) mass is 329 g/mol. The minimum atomic E-state index is 0.688. The summed E-state index contributed by atoms with van der Waals surface area (Å²) in [4.78, 5) is 0. The van der Waals surface area contributed by atoms with Gasteiger partial charge >= 0.3 is 0 Å². The van der Waals surface area contributed by atoms with Crippen LogP contribution < -0.4 is 5.32 Å². The van der Waals surface area contributed by atoms with Crippen LogP contribution in [0, 0.1) is 0 Å². The highest BCUT2D eigenvalue weighted by atomic mass is 79.9. The normalized spacial score (nSPS) is 18.3. The summed E-state index contributed by atoms with van der Waals surface area (Å²) in [7, 11) is 0. The summed E-state index contributed by atoms with van der Waals surface area (Å²) in [5.74, 6) is 0. The largest absolute Gasteiger partial charge is 0.310 e. The zero-order valence-electron chi connectivity index (χ0n) is 10.7. The molecule has 0 heterocycles. The highest BCUT2D eigenvalue weighted by Gasteiger charge is 2.11. The van der Waals surface area contributed by atoms with Crippen LogP contribution in [0.2, 0.25) is 5.02 Å². The molecule has 0 aromatic heterocycles. The molecule has 1 aromatic rings. The maximum atomic E-state index is 5.96. The molecule has 0 radical (unpaired) electrons. The summed E-state index contributed by atoms with van der Waals surface area (Å²) < 4.78 is 1.10. The van der Waals surface area contributed by atoms with Crippen molar-refractivity contribution in [2.75, 3.05) is 0 Å². The van der Waals surface area contributed by atoms with E-state index in [4.69, 9.17) is 11.6 Å².